The molecule has 0 saturated carbocycles. The summed E-state index contributed by atoms with van der Waals surface area (Å²) in [5.74, 6) is 0. The molecule has 4 aromatic carbocycles. The molecule has 0 unspecified atom stereocenters. The van der Waals surface area contributed by atoms with Crippen LogP contribution in [0.3, 0.4) is 0 Å². The largest absolute Gasteiger partial charge is 0.378 e. The van der Waals surface area contributed by atoms with Crippen LogP contribution in [0, 0.1) is 0 Å². The highest BCUT2D eigenvalue weighted by atomic mass is 32.2. The van der Waals surface area contributed by atoms with Crippen LogP contribution in [0.5, 0.6) is 0 Å². The topological polar surface area (TPSA) is 13.0 Å². The maximum Gasteiger partial charge on any atom is 0.0488 e. The van der Waals surface area contributed by atoms with E-state index in [1.807, 2.05) is 23.5 Å². The van der Waals surface area contributed by atoms with Crippen molar-refractivity contribution in [1.82, 2.24) is 0 Å². The van der Waals surface area contributed by atoms with Gasteiger partial charge in [0, 0.05) is 105 Å². The van der Waals surface area contributed by atoms with Crippen LogP contribution in [0.2, 0.25) is 0 Å². The van der Waals surface area contributed by atoms with E-state index in [0.717, 1.165) is 5.08 Å². The highest BCUT2D eigenvalue weighted by Crippen LogP contribution is 2.53. The zero-order valence-electron chi connectivity index (χ0n) is 26.6. The van der Waals surface area contributed by atoms with E-state index in [2.05, 4.69) is 173 Å². The van der Waals surface area contributed by atoms with Crippen molar-refractivity contribution in [2.45, 2.75) is 0 Å². The van der Waals surface area contributed by atoms with Crippen molar-refractivity contribution < 1.29 is 0 Å². The van der Waals surface area contributed by atoms with Crippen molar-refractivity contribution >= 4 is 57.4 Å². The third-order valence-corrected chi connectivity index (χ3v) is 10.2. The number of hydrogen-bond donors (Lipinski definition) is 0. The van der Waals surface area contributed by atoms with Crippen LogP contribution in [0.4, 0.5) is 22.7 Å². The van der Waals surface area contributed by atoms with Gasteiger partial charge in [0.2, 0.25) is 0 Å². The molecule has 4 aromatic rings. The average Bonchev–Trinajstić information content (AvgIpc) is 3.47. The summed E-state index contributed by atoms with van der Waals surface area (Å²) in [4.78, 5) is 11.3. The van der Waals surface area contributed by atoms with Gasteiger partial charge in [-0.3, -0.25) is 0 Å². The minimum atomic E-state index is 0.981. The number of benzene rings is 4. The first kappa shape index (κ1) is 30.7. The molecule has 0 N–H and O–H groups in total. The van der Waals surface area contributed by atoms with Gasteiger partial charge in [0.15, 0.2) is 0 Å². The lowest BCUT2D eigenvalue weighted by molar-refractivity contribution is 1.13. The van der Waals surface area contributed by atoms with Crippen molar-refractivity contribution in [2.75, 3.05) is 81.1 Å². The number of nitrogens with zero attached hydrogens (tertiary/aromatic N) is 4. The molecular weight excluding hydrogens is 565 g/mol. The van der Waals surface area contributed by atoms with Crippen LogP contribution < -0.4 is 19.6 Å². The predicted molar refractivity (Wildman–Crippen MR) is 195 cm³/mol. The van der Waals surface area contributed by atoms with Crippen molar-refractivity contribution in [3.63, 3.8) is 0 Å². The third kappa shape index (κ3) is 6.76. The fraction of sp³-hybridized carbons (Fsp3) is 0.243. The quantitative estimate of drug-likeness (QED) is 0.198. The van der Waals surface area contributed by atoms with Crippen molar-refractivity contribution in [2.24, 2.45) is 0 Å². The van der Waals surface area contributed by atoms with Crippen molar-refractivity contribution in [3.05, 3.63) is 129 Å². The first-order valence-corrected chi connectivity index (χ1v) is 16.5. The lowest BCUT2D eigenvalue weighted by Crippen LogP contribution is -2.09. The van der Waals surface area contributed by atoms with Crippen LogP contribution in [0.15, 0.2) is 107 Å². The van der Waals surface area contributed by atoms with Crippen LogP contribution in [-0.4, -0.2) is 61.5 Å². The molecule has 0 bridgehead atoms. The molecule has 222 valence electrons. The van der Waals surface area contributed by atoms with Crippen LogP contribution >= 0.6 is 23.5 Å². The Morgan fingerprint density at radius 3 is 0.767 bits per heavy atom. The Bertz CT molecular complexity index is 1370. The van der Waals surface area contributed by atoms with Gasteiger partial charge in [0.1, 0.15) is 0 Å². The van der Waals surface area contributed by atoms with Gasteiger partial charge in [-0.25, -0.2) is 0 Å². The molecule has 1 heterocycles. The van der Waals surface area contributed by atoms with E-state index in [-0.39, 0.29) is 0 Å². The molecule has 0 radical (unpaired) electrons. The molecule has 0 aromatic heterocycles. The van der Waals surface area contributed by atoms with E-state index in [1.165, 1.54) is 66.0 Å². The Hall–Kier alpha value is -3.74. The highest BCUT2D eigenvalue weighted by molar-refractivity contribution is 8.24. The van der Waals surface area contributed by atoms with E-state index >= 15 is 0 Å². The second-order valence-electron chi connectivity index (χ2n) is 11.6. The summed E-state index contributed by atoms with van der Waals surface area (Å²) in [5.41, 5.74) is 12.3. The monoisotopic (exact) mass is 606 g/mol. The molecule has 0 aliphatic carbocycles. The van der Waals surface area contributed by atoms with E-state index in [9.17, 15) is 0 Å². The van der Waals surface area contributed by atoms with Crippen LogP contribution in [0.25, 0.3) is 11.1 Å². The van der Waals surface area contributed by atoms with E-state index in [1.54, 1.807) is 0 Å². The number of rotatable bonds is 8. The molecule has 1 aliphatic heterocycles. The normalized spacial score (nSPS) is 12.7. The Morgan fingerprint density at radius 1 is 0.372 bits per heavy atom. The zero-order valence-corrected chi connectivity index (χ0v) is 28.2. The summed E-state index contributed by atoms with van der Waals surface area (Å²) in [5, 5.41) is 0.981. The second-order valence-corrected chi connectivity index (χ2v) is 13.9. The minimum absolute atomic E-state index is 0.981. The van der Waals surface area contributed by atoms with Gasteiger partial charge in [-0.2, -0.15) is 0 Å². The Morgan fingerprint density at radius 2 is 0.581 bits per heavy atom. The van der Waals surface area contributed by atoms with E-state index < -0.39 is 0 Å². The average molecular weight is 607 g/mol. The SMILES string of the molecule is CN(C)c1ccc(C(=C2SCSC2=C(c2ccc(N(C)C)cc2)c2ccc(N(C)C)cc2)c2ccc(N(C)C)cc2)cc1. The molecule has 43 heavy (non-hydrogen) atoms. The lowest BCUT2D eigenvalue weighted by atomic mass is 9.93. The smallest absolute Gasteiger partial charge is 0.0488 e. The lowest BCUT2D eigenvalue weighted by Gasteiger charge is -2.20. The third-order valence-electron chi connectivity index (χ3n) is 7.76. The molecule has 0 amide bonds. The second kappa shape index (κ2) is 13.3. The Labute approximate surface area is 266 Å². The summed E-state index contributed by atoms with van der Waals surface area (Å²) in [6.45, 7) is 0. The summed E-state index contributed by atoms with van der Waals surface area (Å²) in [6.07, 6.45) is 0. The van der Waals surface area contributed by atoms with Gasteiger partial charge in [-0.05, 0) is 70.8 Å². The Balaban J connectivity index is 1.78. The number of anilines is 4. The van der Waals surface area contributed by atoms with Gasteiger partial charge in [-0.15, -0.1) is 23.5 Å². The minimum Gasteiger partial charge on any atom is -0.378 e. The molecule has 1 fully saturated rings. The highest BCUT2D eigenvalue weighted by Gasteiger charge is 2.27. The molecule has 5 rings (SSSR count). The molecule has 1 aliphatic rings. The van der Waals surface area contributed by atoms with Crippen molar-refractivity contribution in [3.8, 4) is 0 Å². The molecule has 0 atom stereocenters. The van der Waals surface area contributed by atoms with Gasteiger partial charge in [-0.1, -0.05) is 48.5 Å². The van der Waals surface area contributed by atoms with Gasteiger partial charge >= 0.3 is 0 Å². The van der Waals surface area contributed by atoms with Crippen LogP contribution in [-0.2, 0) is 0 Å². The standard InChI is InChI=1S/C37H42N4S2/c1-38(2)30-17-9-26(10-18-30)34(27-11-19-31(20-12-27)39(3)4)36-37(43-25-42-36)35(28-13-21-32(22-14-28)40(5)6)29-15-23-33(24-16-29)41(7)8/h9-24H,25H2,1-8H3. The van der Waals surface area contributed by atoms with Gasteiger partial charge in [0.05, 0.1) is 0 Å². The number of hydrogen-bond acceptors (Lipinski definition) is 6. The molecular formula is C37H42N4S2. The summed E-state index contributed by atoms with van der Waals surface area (Å²) >= 11 is 3.90. The van der Waals surface area contributed by atoms with Crippen molar-refractivity contribution in [1.29, 1.82) is 0 Å². The fourth-order valence-electron chi connectivity index (χ4n) is 5.21. The molecule has 6 heteroatoms. The first-order valence-electron chi connectivity index (χ1n) is 14.5. The van der Waals surface area contributed by atoms with Gasteiger partial charge < -0.3 is 19.6 Å². The Kier molecular flexibility index (Phi) is 9.48. The van der Waals surface area contributed by atoms with Gasteiger partial charge in [0.25, 0.3) is 0 Å². The molecule has 1 saturated heterocycles. The molecule has 4 nitrogen and oxygen atoms in total. The summed E-state index contributed by atoms with van der Waals surface area (Å²) in [6, 6.07) is 36.0. The maximum absolute atomic E-state index is 2.27. The summed E-state index contributed by atoms with van der Waals surface area (Å²) in [7, 11) is 16.7. The first-order chi connectivity index (χ1) is 20.6. The summed E-state index contributed by atoms with van der Waals surface area (Å²) < 4.78 is 0. The maximum atomic E-state index is 2.27. The van der Waals surface area contributed by atoms with E-state index in [0.29, 0.717) is 0 Å². The molecule has 0 spiro atoms. The zero-order chi connectivity index (χ0) is 30.7. The van der Waals surface area contributed by atoms with E-state index in [4.69, 9.17) is 0 Å². The predicted octanol–water partition coefficient (Wildman–Crippen LogP) is 8.61. The van der Waals surface area contributed by atoms with Crippen LogP contribution in [0.1, 0.15) is 22.3 Å². The fourth-order valence-corrected chi connectivity index (χ4v) is 7.97. The number of thioether (sulfide) groups is 2.